The van der Waals surface area contributed by atoms with E-state index in [9.17, 15) is 19.3 Å². The molecular weight excluding hydrogens is 548 g/mol. The third kappa shape index (κ3) is 5.19. The highest BCUT2D eigenvalue weighted by Crippen LogP contribution is 2.48. The fourth-order valence-electron chi connectivity index (χ4n) is 5.26. The molecule has 6 rings (SSSR count). The van der Waals surface area contributed by atoms with Crippen molar-refractivity contribution in [3.8, 4) is 12.1 Å². The molecule has 1 saturated carbocycles. The van der Waals surface area contributed by atoms with Gasteiger partial charge in [-0.1, -0.05) is 44.2 Å². The number of halogens is 2. The van der Waals surface area contributed by atoms with Crippen molar-refractivity contribution in [2.75, 3.05) is 17.2 Å². The van der Waals surface area contributed by atoms with Crippen molar-refractivity contribution in [1.82, 2.24) is 25.0 Å². The van der Waals surface area contributed by atoms with Gasteiger partial charge in [-0.05, 0) is 48.1 Å². The van der Waals surface area contributed by atoms with Crippen LogP contribution in [-0.4, -0.2) is 37.9 Å². The maximum absolute atomic E-state index is 13.9. The van der Waals surface area contributed by atoms with Crippen LogP contribution in [0.15, 0.2) is 61.1 Å². The van der Waals surface area contributed by atoms with Gasteiger partial charge in [-0.2, -0.15) is 10.5 Å². The molecule has 1 aliphatic carbocycles. The highest BCUT2D eigenvalue weighted by Gasteiger charge is 2.54. The van der Waals surface area contributed by atoms with Crippen LogP contribution >= 0.6 is 0 Å². The fraction of sp³-hybridized carbons (Fsp3) is 0.312. The SMILES string of the molecule is CC(C)(C)CNc1c(C#N)cnc2c(C#N)cc(N[C@H](c3cn(C4(C(F)F)CC4)nn3)c3cccc4ncccc34)cc12. The van der Waals surface area contributed by atoms with Crippen molar-refractivity contribution in [3.05, 3.63) is 83.4 Å². The second-order valence-electron chi connectivity index (χ2n) is 12.1. The number of hydrogen-bond donors (Lipinski definition) is 2. The molecule has 0 spiro atoms. The Morgan fingerprint density at radius 1 is 1.02 bits per heavy atom. The van der Waals surface area contributed by atoms with Gasteiger partial charge in [0, 0.05) is 35.4 Å². The largest absolute Gasteiger partial charge is 0.383 e. The van der Waals surface area contributed by atoms with Crippen LogP contribution in [0.2, 0.25) is 0 Å². The number of benzene rings is 2. The second kappa shape index (κ2) is 10.6. The number of aromatic nitrogens is 5. The van der Waals surface area contributed by atoms with Crippen molar-refractivity contribution in [1.29, 1.82) is 10.5 Å². The van der Waals surface area contributed by atoms with Crippen molar-refractivity contribution in [2.24, 2.45) is 5.41 Å². The molecule has 0 unspecified atom stereocenters. The number of alkyl halides is 2. The zero-order valence-corrected chi connectivity index (χ0v) is 23.9. The Morgan fingerprint density at radius 2 is 1.81 bits per heavy atom. The van der Waals surface area contributed by atoms with Gasteiger partial charge in [0.05, 0.1) is 40.1 Å². The lowest BCUT2D eigenvalue weighted by Crippen LogP contribution is -2.26. The minimum Gasteiger partial charge on any atom is -0.383 e. The predicted octanol–water partition coefficient (Wildman–Crippen LogP) is 6.53. The number of anilines is 2. The highest BCUT2D eigenvalue weighted by atomic mass is 19.3. The first-order valence-electron chi connectivity index (χ1n) is 14.0. The predicted molar refractivity (Wildman–Crippen MR) is 160 cm³/mol. The van der Waals surface area contributed by atoms with Gasteiger partial charge < -0.3 is 10.6 Å². The second-order valence-corrected chi connectivity index (χ2v) is 12.1. The summed E-state index contributed by atoms with van der Waals surface area (Å²) in [6.07, 6.45) is 2.86. The van der Waals surface area contributed by atoms with E-state index >= 15 is 0 Å². The molecule has 0 bridgehead atoms. The number of rotatable bonds is 8. The van der Waals surface area contributed by atoms with Crippen molar-refractivity contribution < 1.29 is 8.78 Å². The lowest BCUT2D eigenvalue weighted by Gasteiger charge is -2.23. The molecule has 216 valence electrons. The molecule has 43 heavy (non-hydrogen) atoms. The van der Waals surface area contributed by atoms with E-state index in [1.54, 1.807) is 18.5 Å². The summed E-state index contributed by atoms with van der Waals surface area (Å²) in [5.74, 6) is 0. The lowest BCUT2D eigenvalue weighted by molar-refractivity contribution is 0.0593. The van der Waals surface area contributed by atoms with Gasteiger partial charge in [-0.25, -0.2) is 13.5 Å². The lowest BCUT2D eigenvalue weighted by atomic mass is 9.96. The summed E-state index contributed by atoms with van der Waals surface area (Å²) in [5.41, 5.74) is 2.91. The maximum atomic E-state index is 13.9. The number of pyridine rings is 2. The Morgan fingerprint density at radius 3 is 2.51 bits per heavy atom. The molecule has 1 atom stereocenters. The minimum absolute atomic E-state index is 0.0767. The normalized spacial score (nSPS) is 14.8. The first-order valence-corrected chi connectivity index (χ1v) is 14.0. The van der Waals surface area contributed by atoms with Gasteiger partial charge in [0.25, 0.3) is 6.43 Å². The smallest absolute Gasteiger partial charge is 0.263 e. The third-order valence-corrected chi connectivity index (χ3v) is 7.74. The van der Waals surface area contributed by atoms with E-state index in [1.807, 2.05) is 36.4 Å². The van der Waals surface area contributed by atoms with Crippen LogP contribution in [0, 0.1) is 28.1 Å². The highest BCUT2D eigenvalue weighted by molar-refractivity contribution is 5.99. The van der Waals surface area contributed by atoms with Crippen LogP contribution in [-0.2, 0) is 5.54 Å². The van der Waals surface area contributed by atoms with E-state index in [0.717, 1.165) is 16.5 Å². The van der Waals surface area contributed by atoms with E-state index in [1.165, 1.54) is 10.9 Å². The molecule has 0 radical (unpaired) electrons. The molecule has 0 amide bonds. The summed E-state index contributed by atoms with van der Waals surface area (Å²) in [6, 6.07) is 16.8. The van der Waals surface area contributed by atoms with Crippen molar-refractivity contribution in [2.45, 2.75) is 51.6 Å². The third-order valence-electron chi connectivity index (χ3n) is 7.74. The topological polar surface area (TPSA) is 128 Å². The monoisotopic (exact) mass is 577 g/mol. The van der Waals surface area contributed by atoms with E-state index in [4.69, 9.17) is 0 Å². The van der Waals surface area contributed by atoms with E-state index in [-0.39, 0.29) is 5.41 Å². The summed E-state index contributed by atoms with van der Waals surface area (Å²) < 4.78 is 29.2. The molecule has 0 aliphatic heterocycles. The van der Waals surface area contributed by atoms with Gasteiger partial charge in [0.2, 0.25) is 0 Å². The quantitative estimate of drug-likeness (QED) is 0.213. The van der Waals surface area contributed by atoms with E-state index in [2.05, 4.69) is 63.8 Å². The van der Waals surface area contributed by atoms with Crippen LogP contribution in [0.1, 0.15) is 62.0 Å². The van der Waals surface area contributed by atoms with Crippen LogP contribution in [0.3, 0.4) is 0 Å². The summed E-state index contributed by atoms with van der Waals surface area (Å²) >= 11 is 0. The van der Waals surface area contributed by atoms with Crippen LogP contribution in [0.5, 0.6) is 0 Å². The van der Waals surface area contributed by atoms with E-state index in [0.29, 0.717) is 58.5 Å². The zero-order valence-electron chi connectivity index (χ0n) is 23.9. The minimum atomic E-state index is -2.56. The molecule has 3 heterocycles. The Kier molecular flexibility index (Phi) is 6.89. The first kappa shape index (κ1) is 28.0. The Bertz CT molecular complexity index is 1920. The van der Waals surface area contributed by atoms with Crippen molar-refractivity contribution in [3.63, 3.8) is 0 Å². The zero-order chi connectivity index (χ0) is 30.4. The summed E-state index contributed by atoms with van der Waals surface area (Å²) in [6.45, 7) is 6.83. The van der Waals surface area contributed by atoms with Gasteiger partial charge in [-0.15, -0.1) is 5.10 Å². The van der Waals surface area contributed by atoms with Gasteiger partial charge in [0.15, 0.2) is 0 Å². The fourth-order valence-corrected chi connectivity index (χ4v) is 5.26. The number of fused-ring (bicyclic) bond motifs is 2. The molecule has 2 N–H and O–H groups in total. The molecule has 0 saturated heterocycles. The number of nitrogens with zero attached hydrogens (tertiary/aromatic N) is 7. The summed E-state index contributed by atoms with van der Waals surface area (Å²) in [5, 5.41) is 36.8. The molecule has 11 heteroatoms. The van der Waals surface area contributed by atoms with Crippen LogP contribution in [0.25, 0.3) is 21.8 Å². The van der Waals surface area contributed by atoms with Gasteiger partial charge in [0.1, 0.15) is 23.4 Å². The number of nitrogens with one attached hydrogen (secondary N) is 2. The summed E-state index contributed by atoms with van der Waals surface area (Å²) in [7, 11) is 0. The van der Waals surface area contributed by atoms with E-state index < -0.39 is 18.0 Å². The molecule has 1 aliphatic rings. The molecule has 3 aromatic heterocycles. The van der Waals surface area contributed by atoms with Crippen molar-refractivity contribution >= 4 is 33.2 Å². The van der Waals surface area contributed by atoms with Gasteiger partial charge in [-0.3, -0.25) is 9.97 Å². The average molecular weight is 578 g/mol. The van der Waals surface area contributed by atoms with Crippen LogP contribution < -0.4 is 10.6 Å². The standard InChI is InChI=1S/C32H29F2N9/c1-31(2,3)18-39-28-20(15-36)16-38-27-19(14-35)12-21(13-24(27)28)40-29(23-6-4-8-25-22(23)7-5-11-37-25)26-17-43(42-41-26)32(9-10-32)30(33)34/h4-8,11-13,16-17,29-30,40H,9-10,18H2,1-3H3,(H,38,39)/t29-/m0/s1. The molecule has 1 fully saturated rings. The molecule has 5 aromatic rings. The molecule has 9 nitrogen and oxygen atoms in total. The summed E-state index contributed by atoms with van der Waals surface area (Å²) in [4.78, 5) is 8.92. The maximum Gasteiger partial charge on any atom is 0.263 e. The molecular formula is C32H29F2N9. The Hall–Kier alpha value is -5.16. The number of nitriles is 2. The van der Waals surface area contributed by atoms with Crippen LogP contribution in [0.4, 0.5) is 20.2 Å². The average Bonchev–Trinajstić information content (AvgIpc) is 3.67. The van der Waals surface area contributed by atoms with Gasteiger partial charge >= 0.3 is 0 Å². The first-order chi connectivity index (χ1) is 20.6. The molecule has 2 aromatic carbocycles. The Balaban J connectivity index is 1.51. The Labute approximate surface area is 247 Å². The number of hydrogen-bond acceptors (Lipinski definition) is 8.